The molecule has 0 fully saturated rings. The number of imide groups is 1. The first kappa shape index (κ1) is 18.6. The quantitative estimate of drug-likeness (QED) is 0.493. The number of fused-ring (bicyclic) bond motifs is 2. The lowest BCUT2D eigenvalue weighted by molar-refractivity contribution is 0.0599. The summed E-state index contributed by atoms with van der Waals surface area (Å²) in [4.78, 5) is 50.7. The van der Waals surface area contributed by atoms with Crippen molar-refractivity contribution in [3.8, 4) is 0 Å². The summed E-state index contributed by atoms with van der Waals surface area (Å²) < 4.78 is 6.22. The third kappa shape index (κ3) is 3.10. The standard InChI is InChI=1S/C22H18N2O5/c1-29-22(28)17-13-24(18-10-5-4-7-14(17)18)19(25)11-6-12-23-20(26)15-8-2-3-9-16(15)21(23)27/h2-5,7-10,13H,6,11-12H2,1H3. The number of benzene rings is 2. The molecule has 1 aromatic heterocycles. The second-order valence-corrected chi connectivity index (χ2v) is 6.73. The maximum atomic E-state index is 12.8. The number of rotatable bonds is 5. The van der Waals surface area contributed by atoms with Gasteiger partial charge in [0, 0.05) is 24.5 Å². The van der Waals surface area contributed by atoms with Gasteiger partial charge in [-0.05, 0) is 24.6 Å². The Bertz CT molecular complexity index is 1130. The normalized spacial score (nSPS) is 13.1. The van der Waals surface area contributed by atoms with Crippen LogP contribution in [0.3, 0.4) is 0 Å². The molecule has 1 aliphatic rings. The van der Waals surface area contributed by atoms with Crippen molar-refractivity contribution in [2.24, 2.45) is 0 Å². The Morgan fingerprint density at radius 1 is 0.931 bits per heavy atom. The number of hydrogen-bond donors (Lipinski definition) is 0. The van der Waals surface area contributed by atoms with Gasteiger partial charge in [0.15, 0.2) is 0 Å². The fourth-order valence-electron chi connectivity index (χ4n) is 3.61. The van der Waals surface area contributed by atoms with Crippen molar-refractivity contribution < 1.29 is 23.9 Å². The highest BCUT2D eigenvalue weighted by atomic mass is 16.5. The molecule has 1 aliphatic heterocycles. The second kappa shape index (κ2) is 7.35. The monoisotopic (exact) mass is 390 g/mol. The number of aromatic nitrogens is 1. The van der Waals surface area contributed by atoms with Gasteiger partial charge in [0.25, 0.3) is 11.8 Å². The number of methoxy groups -OCH3 is 1. The average Bonchev–Trinajstić information content (AvgIpc) is 3.25. The Kier molecular flexibility index (Phi) is 4.72. The van der Waals surface area contributed by atoms with Crippen LogP contribution in [0.4, 0.5) is 0 Å². The summed E-state index contributed by atoms with van der Waals surface area (Å²) in [5, 5.41) is 0.632. The molecular weight excluding hydrogens is 372 g/mol. The van der Waals surface area contributed by atoms with Crippen LogP contribution in [0, 0.1) is 0 Å². The van der Waals surface area contributed by atoms with E-state index in [-0.39, 0.29) is 30.7 Å². The first-order valence-corrected chi connectivity index (χ1v) is 9.19. The zero-order valence-electron chi connectivity index (χ0n) is 15.8. The van der Waals surface area contributed by atoms with Crippen LogP contribution in [0.25, 0.3) is 10.9 Å². The van der Waals surface area contributed by atoms with Gasteiger partial charge in [-0.15, -0.1) is 0 Å². The Hall–Kier alpha value is -3.74. The summed E-state index contributed by atoms with van der Waals surface area (Å²) in [7, 11) is 1.29. The van der Waals surface area contributed by atoms with Gasteiger partial charge in [0.05, 0.1) is 29.3 Å². The molecule has 2 aromatic carbocycles. The fraction of sp³-hybridized carbons (Fsp3) is 0.182. The van der Waals surface area contributed by atoms with Gasteiger partial charge in [-0.2, -0.15) is 0 Å². The van der Waals surface area contributed by atoms with Crippen molar-refractivity contribution in [3.05, 3.63) is 71.4 Å². The Morgan fingerprint density at radius 2 is 1.55 bits per heavy atom. The maximum absolute atomic E-state index is 12.8. The third-order valence-corrected chi connectivity index (χ3v) is 5.04. The van der Waals surface area contributed by atoms with Gasteiger partial charge in [-0.1, -0.05) is 30.3 Å². The molecule has 0 N–H and O–H groups in total. The number of carbonyl (C=O) groups is 4. The Labute approximate surface area is 166 Å². The molecule has 0 unspecified atom stereocenters. The maximum Gasteiger partial charge on any atom is 0.340 e. The largest absolute Gasteiger partial charge is 0.465 e. The number of amides is 2. The van der Waals surface area contributed by atoms with Crippen molar-refractivity contribution in [1.82, 2.24) is 9.47 Å². The van der Waals surface area contributed by atoms with E-state index >= 15 is 0 Å². The highest BCUT2D eigenvalue weighted by Gasteiger charge is 2.34. The van der Waals surface area contributed by atoms with Crippen LogP contribution in [0.2, 0.25) is 0 Å². The minimum atomic E-state index is -0.515. The molecule has 0 aliphatic carbocycles. The predicted molar refractivity (Wildman–Crippen MR) is 105 cm³/mol. The van der Waals surface area contributed by atoms with Gasteiger partial charge < -0.3 is 4.74 Å². The van der Waals surface area contributed by atoms with E-state index in [0.29, 0.717) is 34.0 Å². The minimum absolute atomic E-state index is 0.118. The van der Waals surface area contributed by atoms with E-state index in [9.17, 15) is 19.2 Å². The Morgan fingerprint density at radius 3 is 2.21 bits per heavy atom. The molecule has 0 spiro atoms. The van der Waals surface area contributed by atoms with E-state index in [2.05, 4.69) is 0 Å². The molecule has 0 saturated carbocycles. The molecule has 4 rings (SSSR count). The molecule has 0 saturated heterocycles. The molecule has 0 atom stereocenters. The van der Waals surface area contributed by atoms with Crippen LogP contribution in [0.1, 0.15) is 48.7 Å². The molecule has 2 amide bonds. The zero-order chi connectivity index (χ0) is 20.5. The highest BCUT2D eigenvalue weighted by molar-refractivity contribution is 6.21. The van der Waals surface area contributed by atoms with Crippen LogP contribution in [0.5, 0.6) is 0 Å². The third-order valence-electron chi connectivity index (χ3n) is 5.04. The SMILES string of the molecule is COC(=O)c1cn(C(=O)CCCN2C(=O)c3ccccc3C2=O)c2ccccc12. The molecular formula is C22H18N2O5. The second-order valence-electron chi connectivity index (χ2n) is 6.73. The van der Waals surface area contributed by atoms with E-state index in [0.717, 1.165) is 0 Å². The van der Waals surface area contributed by atoms with Crippen LogP contribution >= 0.6 is 0 Å². The first-order chi connectivity index (χ1) is 14.0. The van der Waals surface area contributed by atoms with Crippen molar-refractivity contribution >= 4 is 34.6 Å². The molecule has 2 heterocycles. The summed E-state index contributed by atoms with van der Waals surface area (Å²) in [6.07, 6.45) is 1.91. The lowest BCUT2D eigenvalue weighted by atomic mass is 10.1. The van der Waals surface area contributed by atoms with E-state index in [1.54, 1.807) is 48.5 Å². The predicted octanol–water partition coefficient (Wildman–Crippen LogP) is 3.14. The van der Waals surface area contributed by atoms with Gasteiger partial charge in [0.2, 0.25) is 5.91 Å². The number of hydrogen-bond acceptors (Lipinski definition) is 5. The van der Waals surface area contributed by atoms with E-state index in [1.165, 1.54) is 22.8 Å². The van der Waals surface area contributed by atoms with Crippen molar-refractivity contribution in [2.75, 3.05) is 13.7 Å². The fourth-order valence-corrected chi connectivity index (χ4v) is 3.61. The number of para-hydroxylation sites is 1. The van der Waals surface area contributed by atoms with Crippen LogP contribution in [0.15, 0.2) is 54.7 Å². The lowest BCUT2D eigenvalue weighted by Gasteiger charge is -2.13. The lowest BCUT2D eigenvalue weighted by Crippen LogP contribution is -2.31. The van der Waals surface area contributed by atoms with Crippen molar-refractivity contribution in [2.45, 2.75) is 12.8 Å². The number of carbonyl (C=O) groups excluding carboxylic acids is 4. The Balaban J connectivity index is 1.48. The number of esters is 1. The van der Waals surface area contributed by atoms with Gasteiger partial charge in [-0.25, -0.2) is 4.79 Å². The summed E-state index contributed by atoms with van der Waals surface area (Å²) in [5.74, 6) is -1.42. The highest BCUT2D eigenvalue weighted by Crippen LogP contribution is 2.24. The molecule has 7 nitrogen and oxygen atoms in total. The van der Waals surface area contributed by atoms with E-state index in [4.69, 9.17) is 4.74 Å². The molecule has 3 aromatic rings. The van der Waals surface area contributed by atoms with E-state index < -0.39 is 5.97 Å². The summed E-state index contributed by atoms with van der Waals surface area (Å²) in [6, 6.07) is 13.8. The topological polar surface area (TPSA) is 85.7 Å². The van der Waals surface area contributed by atoms with Crippen molar-refractivity contribution in [3.63, 3.8) is 0 Å². The average molecular weight is 390 g/mol. The number of nitrogens with zero attached hydrogens (tertiary/aromatic N) is 2. The van der Waals surface area contributed by atoms with Gasteiger partial charge in [-0.3, -0.25) is 23.9 Å². The summed E-state index contributed by atoms with van der Waals surface area (Å²) >= 11 is 0. The van der Waals surface area contributed by atoms with Crippen LogP contribution in [-0.4, -0.2) is 46.8 Å². The summed E-state index contributed by atoms with van der Waals surface area (Å²) in [5.41, 5.74) is 1.71. The minimum Gasteiger partial charge on any atom is -0.465 e. The van der Waals surface area contributed by atoms with Crippen LogP contribution < -0.4 is 0 Å². The smallest absolute Gasteiger partial charge is 0.340 e. The van der Waals surface area contributed by atoms with Crippen molar-refractivity contribution in [1.29, 1.82) is 0 Å². The first-order valence-electron chi connectivity index (χ1n) is 9.19. The zero-order valence-corrected chi connectivity index (χ0v) is 15.8. The molecule has 7 heteroatoms. The van der Waals surface area contributed by atoms with Gasteiger partial charge in [0.1, 0.15) is 0 Å². The van der Waals surface area contributed by atoms with Gasteiger partial charge >= 0.3 is 5.97 Å². The summed E-state index contributed by atoms with van der Waals surface area (Å²) in [6.45, 7) is 0.154. The molecule has 0 bridgehead atoms. The van der Waals surface area contributed by atoms with E-state index in [1.807, 2.05) is 0 Å². The molecule has 146 valence electrons. The molecule has 29 heavy (non-hydrogen) atoms. The molecule has 0 radical (unpaired) electrons. The van der Waals surface area contributed by atoms with Crippen LogP contribution in [-0.2, 0) is 4.74 Å². The number of ether oxygens (including phenoxy) is 1.